The van der Waals surface area contributed by atoms with Gasteiger partial charge in [0.25, 0.3) is 0 Å². The van der Waals surface area contributed by atoms with Gasteiger partial charge in [-0.2, -0.15) is 13.2 Å². The highest BCUT2D eigenvalue weighted by molar-refractivity contribution is 6.13. The van der Waals surface area contributed by atoms with Crippen LogP contribution in [0.3, 0.4) is 0 Å². The van der Waals surface area contributed by atoms with E-state index in [4.69, 9.17) is 9.97 Å². The van der Waals surface area contributed by atoms with Gasteiger partial charge in [-0.1, -0.05) is 127 Å². The van der Waals surface area contributed by atoms with E-state index < -0.39 is 11.7 Å². The number of nitrogens with zero attached hydrogens (tertiary/aromatic N) is 4. The lowest BCUT2D eigenvalue weighted by molar-refractivity contribution is -0.137. The summed E-state index contributed by atoms with van der Waals surface area (Å²) in [5.41, 5.74) is 11.2. The Bertz CT molecular complexity index is 4110. The molecule has 0 fully saturated rings. The Morgan fingerprint density at radius 1 is 0.333 bits per heavy atom. The first-order valence-electron chi connectivity index (χ1n) is 21.9. The third kappa shape index (κ3) is 6.01. The molecule has 0 bridgehead atoms. The smallest absolute Gasteiger partial charge is 0.309 e. The van der Waals surface area contributed by atoms with Crippen molar-refractivity contribution in [1.29, 1.82) is 0 Å². The zero-order chi connectivity index (χ0) is 44.1. The molecule has 7 heteroatoms. The van der Waals surface area contributed by atoms with E-state index in [0.717, 1.165) is 88.8 Å². The summed E-state index contributed by atoms with van der Waals surface area (Å²) in [6.45, 7) is 0. The Kier molecular flexibility index (Phi) is 8.33. The molecule has 0 saturated carbocycles. The summed E-state index contributed by atoms with van der Waals surface area (Å²) in [6.07, 6.45) is -4.46. The second-order valence-corrected chi connectivity index (χ2v) is 16.9. The Balaban J connectivity index is 0.963. The van der Waals surface area contributed by atoms with E-state index in [2.05, 4.69) is 167 Å². The topological polar surface area (TPSA) is 35.6 Å². The van der Waals surface area contributed by atoms with Gasteiger partial charge in [-0.25, -0.2) is 9.97 Å². The lowest BCUT2D eigenvalue weighted by Crippen LogP contribution is -2.04. The van der Waals surface area contributed by atoms with Crippen LogP contribution in [0, 0.1) is 0 Å². The molecule has 0 radical (unpaired) electrons. The van der Waals surface area contributed by atoms with Crippen LogP contribution in [0.4, 0.5) is 13.2 Å². The quantitative estimate of drug-likeness (QED) is 0.162. The maximum absolute atomic E-state index is 13.8. The first-order valence-corrected chi connectivity index (χ1v) is 21.9. The fourth-order valence-corrected chi connectivity index (χ4v) is 10.0. The predicted molar refractivity (Wildman–Crippen MR) is 265 cm³/mol. The van der Waals surface area contributed by atoms with Crippen LogP contribution in [-0.4, -0.2) is 19.1 Å². The molecule has 0 aliphatic carbocycles. The number of halogens is 3. The first-order chi connectivity index (χ1) is 32.3. The zero-order valence-electron chi connectivity index (χ0n) is 35.1. The number of fused-ring (bicyclic) bond motifs is 10. The SMILES string of the molecule is FC(F)(F)c1ccc2ccc(-c3nc(-c4cccc(-n5c6ccccc6c6cc(-c7ccc8c(c7)c7ccccc7n8-c7ccccc7)ccc65)c4)c4ccc5ccccc5c4n3)cc2c1. The van der Waals surface area contributed by atoms with Gasteiger partial charge < -0.3 is 9.13 Å². The molecule has 3 aromatic heterocycles. The standard InChI is InChI=1S/C59H35F3N4/c60-59(61,62)43-27-23-36-21-22-41(31-42(36)32-43)58-63-56(49-28-24-37-11-4-5-16-46(37)57(49)64-58)40-12-10-15-45(33-40)66-53-20-9-7-18-48(53)51-35-39(26-30-55(51)66)38-25-29-54-50(34-38)47-17-6-8-19-52(47)65(54)44-13-2-1-3-14-44/h1-35H. The number of benzene rings is 10. The number of para-hydroxylation sites is 3. The predicted octanol–water partition coefficient (Wildman–Crippen LogP) is 16.2. The molecule has 0 spiro atoms. The summed E-state index contributed by atoms with van der Waals surface area (Å²) in [5, 5.41) is 8.77. The Morgan fingerprint density at radius 3 is 1.62 bits per heavy atom. The van der Waals surface area contributed by atoms with Gasteiger partial charge in [0.15, 0.2) is 5.82 Å². The minimum Gasteiger partial charge on any atom is -0.309 e. The molecular formula is C59H35F3N4. The lowest BCUT2D eigenvalue weighted by atomic mass is 10.00. The van der Waals surface area contributed by atoms with Crippen molar-refractivity contribution in [2.45, 2.75) is 6.18 Å². The van der Waals surface area contributed by atoms with Crippen LogP contribution in [0.5, 0.6) is 0 Å². The summed E-state index contributed by atoms with van der Waals surface area (Å²) in [6, 6.07) is 71.2. The van der Waals surface area contributed by atoms with Gasteiger partial charge >= 0.3 is 6.18 Å². The van der Waals surface area contributed by atoms with Crippen molar-refractivity contribution < 1.29 is 13.2 Å². The van der Waals surface area contributed by atoms with Gasteiger partial charge in [-0.3, -0.25) is 0 Å². The van der Waals surface area contributed by atoms with Crippen molar-refractivity contribution in [3.05, 3.63) is 218 Å². The monoisotopic (exact) mass is 856 g/mol. The first kappa shape index (κ1) is 38.0. The molecule has 0 amide bonds. The molecule has 0 atom stereocenters. The summed E-state index contributed by atoms with van der Waals surface area (Å²) in [7, 11) is 0. The summed E-state index contributed by atoms with van der Waals surface area (Å²) >= 11 is 0. The normalized spacial score (nSPS) is 12.2. The Labute approximate surface area is 376 Å². The Morgan fingerprint density at radius 2 is 0.909 bits per heavy atom. The van der Waals surface area contributed by atoms with Crippen LogP contribution in [0.2, 0.25) is 0 Å². The molecule has 312 valence electrons. The Hall–Kier alpha value is -8.55. The molecular weight excluding hydrogens is 822 g/mol. The third-order valence-corrected chi connectivity index (χ3v) is 13.1. The molecule has 4 nitrogen and oxygen atoms in total. The molecule has 0 aliphatic rings. The van der Waals surface area contributed by atoms with E-state index in [1.165, 1.54) is 28.4 Å². The van der Waals surface area contributed by atoms with Gasteiger partial charge in [-0.15, -0.1) is 0 Å². The number of alkyl halides is 3. The molecule has 10 aromatic carbocycles. The van der Waals surface area contributed by atoms with E-state index in [9.17, 15) is 13.2 Å². The maximum Gasteiger partial charge on any atom is 0.416 e. The van der Waals surface area contributed by atoms with Crippen LogP contribution in [0.1, 0.15) is 5.56 Å². The average molecular weight is 857 g/mol. The summed E-state index contributed by atoms with van der Waals surface area (Å²) in [4.78, 5) is 10.4. The van der Waals surface area contributed by atoms with Crippen molar-refractivity contribution >= 4 is 76.1 Å². The minimum absolute atomic E-state index is 0.436. The fourth-order valence-electron chi connectivity index (χ4n) is 10.0. The van der Waals surface area contributed by atoms with Crippen LogP contribution in [-0.2, 0) is 6.18 Å². The van der Waals surface area contributed by atoms with Crippen molar-refractivity contribution in [2.75, 3.05) is 0 Å². The molecule has 3 heterocycles. The van der Waals surface area contributed by atoms with Crippen LogP contribution < -0.4 is 0 Å². The third-order valence-electron chi connectivity index (χ3n) is 13.1. The van der Waals surface area contributed by atoms with E-state index in [-0.39, 0.29) is 0 Å². The van der Waals surface area contributed by atoms with Gasteiger partial charge in [0, 0.05) is 54.8 Å². The van der Waals surface area contributed by atoms with Crippen molar-refractivity contribution in [3.8, 4) is 45.1 Å². The maximum atomic E-state index is 13.8. The largest absolute Gasteiger partial charge is 0.416 e. The average Bonchev–Trinajstić information content (AvgIpc) is 3.88. The number of hydrogen-bond acceptors (Lipinski definition) is 2. The fraction of sp³-hybridized carbons (Fsp3) is 0.0169. The highest BCUT2D eigenvalue weighted by Gasteiger charge is 2.30. The van der Waals surface area contributed by atoms with Crippen LogP contribution >= 0.6 is 0 Å². The van der Waals surface area contributed by atoms with Crippen molar-refractivity contribution in [3.63, 3.8) is 0 Å². The molecule has 66 heavy (non-hydrogen) atoms. The van der Waals surface area contributed by atoms with E-state index >= 15 is 0 Å². The molecule has 0 saturated heterocycles. The second kappa shape index (κ2) is 14.5. The number of hydrogen-bond donors (Lipinski definition) is 0. The number of rotatable bonds is 5. The summed E-state index contributed by atoms with van der Waals surface area (Å²) in [5.74, 6) is 0.436. The lowest BCUT2D eigenvalue weighted by Gasteiger charge is -2.14. The van der Waals surface area contributed by atoms with Crippen molar-refractivity contribution in [1.82, 2.24) is 19.1 Å². The van der Waals surface area contributed by atoms with Gasteiger partial charge in [0.05, 0.1) is 38.8 Å². The zero-order valence-corrected chi connectivity index (χ0v) is 35.1. The van der Waals surface area contributed by atoms with E-state index in [1.807, 2.05) is 30.3 Å². The molecule has 13 aromatic rings. The van der Waals surface area contributed by atoms with Gasteiger partial charge in [0.1, 0.15) is 0 Å². The van der Waals surface area contributed by atoms with Gasteiger partial charge in [0.2, 0.25) is 0 Å². The van der Waals surface area contributed by atoms with E-state index in [1.54, 1.807) is 6.07 Å². The van der Waals surface area contributed by atoms with Gasteiger partial charge in [-0.05, 0) is 112 Å². The summed E-state index contributed by atoms with van der Waals surface area (Å²) < 4.78 is 46.1. The van der Waals surface area contributed by atoms with Crippen LogP contribution in [0.25, 0.3) is 121 Å². The van der Waals surface area contributed by atoms with E-state index in [0.29, 0.717) is 22.2 Å². The molecule has 0 N–H and O–H groups in total. The number of aromatic nitrogens is 4. The minimum atomic E-state index is -4.46. The highest BCUT2D eigenvalue weighted by Crippen LogP contribution is 2.40. The second-order valence-electron chi connectivity index (χ2n) is 16.9. The highest BCUT2D eigenvalue weighted by atomic mass is 19.4. The van der Waals surface area contributed by atoms with Crippen LogP contribution in [0.15, 0.2) is 212 Å². The van der Waals surface area contributed by atoms with Crippen molar-refractivity contribution in [2.24, 2.45) is 0 Å². The molecule has 0 unspecified atom stereocenters. The molecule has 13 rings (SSSR count). The molecule has 0 aliphatic heterocycles.